The third kappa shape index (κ3) is 4.63. The van der Waals surface area contributed by atoms with Crippen molar-refractivity contribution in [3.05, 3.63) is 29.6 Å². The Morgan fingerprint density at radius 2 is 2.05 bits per heavy atom. The van der Waals surface area contributed by atoms with Crippen molar-refractivity contribution in [2.24, 2.45) is 11.1 Å². The molecule has 0 saturated carbocycles. The van der Waals surface area contributed by atoms with Crippen LogP contribution in [0, 0.1) is 11.2 Å². The molecule has 1 rings (SSSR count). The Morgan fingerprint density at radius 1 is 1.42 bits per heavy atom. The number of ether oxygens (including phenoxy) is 1. The van der Waals surface area contributed by atoms with Gasteiger partial charge in [-0.15, -0.1) is 0 Å². The second kappa shape index (κ2) is 6.15. The summed E-state index contributed by atoms with van der Waals surface area (Å²) in [6, 6.07) is 4.29. The first kappa shape index (κ1) is 15.6. The van der Waals surface area contributed by atoms with Gasteiger partial charge in [-0.25, -0.2) is 4.39 Å². The number of nitrogens with two attached hydrogens (primary N) is 1. The Labute approximate surface area is 113 Å². The maximum absolute atomic E-state index is 13.9. The molecule has 2 N–H and O–H groups in total. The average molecular weight is 267 g/mol. The Balaban J connectivity index is 2.79. The molecule has 0 aromatic heterocycles. The summed E-state index contributed by atoms with van der Waals surface area (Å²) < 4.78 is 18.8. The normalized spacial score (nSPS) is 13.2. The van der Waals surface area contributed by atoms with Gasteiger partial charge in [0.2, 0.25) is 0 Å². The highest BCUT2D eigenvalue weighted by Crippen LogP contribution is 2.24. The first-order valence-corrected chi connectivity index (χ1v) is 6.36. The standard InChI is InChI=1S/C15H22FNO2/c1-15(2,3)9-10(17)8-12(18)11-6-5-7-13(19-4)14(11)16/h5-7,10H,8-9,17H2,1-4H3. The van der Waals surface area contributed by atoms with E-state index in [9.17, 15) is 9.18 Å². The predicted octanol–water partition coefficient (Wildman–Crippen LogP) is 3.17. The van der Waals surface area contributed by atoms with Crippen LogP contribution in [0.25, 0.3) is 0 Å². The van der Waals surface area contributed by atoms with E-state index in [0.717, 1.165) is 0 Å². The second-order valence-electron chi connectivity index (χ2n) is 5.97. The molecule has 0 aliphatic rings. The summed E-state index contributed by atoms with van der Waals surface area (Å²) in [7, 11) is 1.37. The lowest BCUT2D eigenvalue weighted by Gasteiger charge is -2.22. The minimum Gasteiger partial charge on any atom is -0.494 e. The molecule has 1 unspecified atom stereocenters. The molecular weight excluding hydrogens is 245 g/mol. The van der Waals surface area contributed by atoms with Gasteiger partial charge in [-0.3, -0.25) is 4.79 Å². The molecule has 0 heterocycles. The molecule has 1 aromatic rings. The molecule has 19 heavy (non-hydrogen) atoms. The van der Waals surface area contributed by atoms with E-state index in [1.165, 1.54) is 19.2 Å². The highest BCUT2D eigenvalue weighted by atomic mass is 19.1. The summed E-state index contributed by atoms with van der Waals surface area (Å²) >= 11 is 0. The number of hydrogen-bond acceptors (Lipinski definition) is 3. The van der Waals surface area contributed by atoms with Gasteiger partial charge in [-0.1, -0.05) is 26.8 Å². The molecule has 0 radical (unpaired) electrons. The van der Waals surface area contributed by atoms with Crippen LogP contribution >= 0.6 is 0 Å². The maximum Gasteiger partial charge on any atom is 0.175 e. The van der Waals surface area contributed by atoms with Crippen molar-refractivity contribution in [3.63, 3.8) is 0 Å². The third-order valence-corrected chi connectivity index (χ3v) is 2.81. The van der Waals surface area contributed by atoms with Crippen LogP contribution in [0.5, 0.6) is 5.75 Å². The molecule has 0 fully saturated rings. The van der Waals surface area contributed by atoms with E-state index in [1.54, 1.807) is 6.07 Å². The van der Waals surface area contributed by atoms with Gasteiger partial charge in [0.15, 0.2) is 17.3 Å². The van der Waals surface area contributed by atoms with E-state index < -0.39 is 5.82 Å². The number of ketones is 1. The molecule has 0 saturated heterocycles. The van der Waals surface area contributed by atoms with E-state index in [2.05, 4.69) is 20.8 Å². The highest BCUT2D eigenvalue weighted by molar-refractivity contribution is 5.97. The van der Waals surface area contributed by atoms with E-state index in [4.69, 9.17) is 10.5 Å². The predicted molar refractivity (Wildman–Crippen MR) is 73.9 cm³/mol. The van der Waals surface area contributed by atoms with Crippen LogP contribution in [0.15, 0.2) is 18.2 Å². The number of Topliss-reactive ketones (excluding diaryl/α,β-unsaturated/α-hetero) is 1. The van der Waals surface area contributed by atoms with Gasteiger partial charge in [0, 0.05) is 12.5 Å². The molecule has 0 aliphatic heterocycles. The Kier molecular flexibility index (Phi) is 5.06. The van der Waals surface area contributed by atoms with Crippen LogP contribution in [0.4, 0.5) is 4.39 Å². The van der Waals surface area contributed by atoms with Crippen LogP contribution in [-0.2, 0) is 0 Å². The Morgan fingerprint density at radius 3 is 2.58 bits per heavy atom. The summed E-state index contributed by atoms with van der Waals surface area (Å²) in [4.78, 5) is 12.1. The van der Waals surface area contributed by atoms with Crippen LogP contribution in [0.3, 0.4) is 0 Å². The topological polar surface area (TPSA) is 52.3 Å². The molecule has 3 nitrogen and oxygen atoms in total. The zero-order valence-corrected chi connectivity index (χ0v) is 12.0. The molecule has 0 amide bonds. The lowest BCUT2D eigenvalue weighted by Crippen LogP contribution is -2.29. The van der Waals surface area contributed by atoms with Gasteiger partial charge < -0.3 is 10.5 Å². The van der Waals surface area contributed by atoms with Gasteiger partial charge >= 0.3 is 0 Å². The summed E-state index contributed by atoms with van der Waals surface area (Å²) in [5.74, 6) is -0.818. The first-order chi connectivity index (χ1) is 8.74. The molecule has 1 atom stereocenters. The molecule has 106 valence electrons. The zero-order chi connectivity index (χ0) is 14.6. The lowest BCUT2D eigenvalue weighted by atomic mass is 9.86. The molecule has 0 spiro atoms. The number of methoxy groups -OCH3 is 1. The number of rotatable bonds is 5. The minimum absolute atomic E-state index is 0.0451. The van der Waals surface area contributed by atoms with Gasteiger partial charge in [0.1, 0.15) is 0 Å². The van der Waals surface area contributed by atoms with Crippen molar-refractivity contribution in [2.75, 3.05) is 7.11 Å². The summed E-state index contributed by atoms with van der Waals surface area (Å²) in [6.07, 6.45) is 0.853. The summed E-state index contributed by atoms with van der Waals surface area (Å²) in [5, 5.41) is 0. The van der Waals surface area contributed by atoms with Crippen LogP contribution < -0.4 is 10.5 Å². The van der Waals surface area contributed by atoms with Crippen molar-refractivity contribution in [1.82, 2.24) is 0 Å². The van der Waals surface area contributed by atoms with E-state index in [1.807, 2.05) is 0 Å². The maximum atomic E-state index is 13.9. The smallest absolute Gasteiger partial charge is 0.175 e. The minimum atomic E-state index is -0.613. The van der Waals surface area contributed by atoms with Crippen molar-refractivity contribution in [1.29, 1.82) is 0 Å². The monoisotopic (exact) mass is 267 g/mol. The quantitative estimate of drug-likeness (QED) is 0.834. The number of halogens is 1. The molecule has 4 heteroatoms. The Hall–Kier alpha value is -1.42. The molecule has 0 aliphatic carbocycles. The Bertz CT molecular complexity index is 452. The second-order valence-corrected chi connectivity index (χ2v) is 5.97. The molecule has 0 bridgehead atoms. The van der Waals surface area contributed by atoms with Gasteiger partial charge in [0.25, 0.3) is 0 Å². The van der Waals surface area contributed by atoms with Crippen molar-refractivity contribution in [3.8, 4) is 5.75 Å². The fourth-order valence-corrected chi connectivity index (χ4v) is 2.09. The SMILES string of the molecule is COc1cccc(C(=O)CC(N)CC(C)(C)C)c1F. The van der Waals surface area contributed by atoms with Crippen LogP contribution in [0.1, 0.15) is 44.0 Å². The summed E-state index contributed by atoms with van der Waals surface area (Å²) in [6.45, 7) is 6.18. The number of carbonyl (C=O) groups excluding carboxylic acids is 1. The number of carbonyl (C=O) groups is 1. The van der Waals surface area contributed by atoms with Gasteiger partial charge in [-0.05, 0) is 24.0 Å². The molecule has 1 aromatic carbocycles. The third-order valence-electron chi connectivity index (χ3n) is 2.81. The molecular formula is C15H22FNO2. The van der Waals surface area contributed by atoms with Gasteiger partial charge in [0.05, 0.1) is 12.7 Å². The van der Waals surface area contributed by atoms with Gasteiger partial charge in [-0.2, -0.15) is 0 Å². The number of benzene rings is 1. The fourth-order valence-electron chi connectivity index (χ4n) is 2.09. The van der Waals surface area contributed by atoms with E-state index in [-0.39, 0.29) is 35.0 Å². The van der Waals surface area contributed by atoms with Crippen molar-refractivity contribution >= 4 is 5.78 Å². The lowest BCUT2D eigenvalue weighted by molar-refractivity contribution is 0.0963. The van der Waals surface area contributed by atoms with E-state index >= 15 is 0 Å². The average Bonchev–Trinajstić information content (AvgIpc) is 2.26. The summed E-state index contributed by atoms with van der Waals surface area (Å²) in [5.41, 5.74) is 6.04. The van der Waals surface area contributed by atoms with Crippen LogP contribution in [0.2, 0.25) is 0 Å². The number of hydrogen-bond donors (Lipinski definition) is 1. The fraction of sp³-hybridized carbons (Fsp3) is 0.533. The van der Waals surface area contributed by atoms with E-state index in [0.29, 0.717) is 6.42 Å². The largest absolute Gasteiger partial charge is 0.494 e. The first-order valence-electron chi connectivity index (χ1n) is 6.36. The highest BCUT2D eigenvalue weighted by Gasteiger charge is 2.21. The van der Waals surface area contributed by atoms with Crippen molar-refractivity contribution in [2.45, 2.75) is 39.7 Å². The van der Waals surface area contributed by atoms with Crippen molar-refractivity contribution < 1.29 is 13.9 Å². The van der Waals surface area contributed by atoms with Crippen LogP contribution in [-0.4, -0.2) is 18.9 Å². The zero-order valence-electron chi connectivity index (χ0n) is 12.0.